The maximum atomic E-state index is 11.7. The molecule has 2 rings (SSSR count). The van der Waals surface area contributed by atoms with Crippen molar-refractivity contribution in [3.63, 3.8) is 0 Å². The highest BCUT2D eigenvalue weighted by Gasteiger charge is 2.22. The van der Waals surface area contributed by atoms with E-state index in [1.54, 1.807) is 0 Å². The molecule has 0 aromatic carbocycles. The summed E-state index contributed by atoms with van der Waals surface area (Å²) in [5.41, 5.74) is 0. The number of carbonyl (C=O) groups is 1. The standard InChI is InChI=1S/C11H20N2O2/c14-11-4-2-1-3-6-13(11)9-10-8-12-5-7-15-10/h10,12H,1-9H2. The maximum Gasteiger partial charge on any atom is 0.222 e. The van der Waals surface area contributed by atoms with Gasteiger partial charge in [-0.2, -0.15) is 0 Å². The third-order valence-corrected chi connectivity index (χ3v) is 3.10. The second-order valence-corrected chi connectivity index (χ2v) is 4.35. The molecule has 2 fully saturated rings. The molecule has 2 aliphatic rings. The summed E-state index contributed by atoms with van der Waals surface area (Å²) in [6, 6.07) is 0. The van der Waals surface area contributed by atoms with Gasteiger partial charge < -0.3 is 15.0 Å². The number of ether oxygens (including phenoxy) is 1. The first-order valence-corrected chi connectivity index (χ1v) is 5.96. The fourth-order valence-corrected chi connectivity index (χ4v) is 2.21. The Kier molecular flexibility index (Phi) is 3.97. The number of carbonyl (C=O) groups excluding carboxylic acids is 1. The summed E-state index contributed by atoms with van der Waals surface area (Å²) >= 11 is 0. The number of nitrogens with one attached hydrogen (secondary N) is 1. The first-order valence-electron chi connectivity index (χ1n) is 5.96. The highest BCUT2D eigenvalue weighted by atomic mass is 16.5. The Bertz CT molecular complexity index is 215. The Balaban J connectivity index is 1.82. The van der Waals surface area contributed by atoms with E-state index in [0.29, 0.717) is 5.91 Å². The fourth-order valence-electron chi connectivity index (χ4n) is 2.21. The van der Waals surface area contributed by atoms with Crippen molar-refractivity contribution in [2.24, 2.45) is 0 Å². The van der Waals surface area contributed by atoms with Gasteiger partial charge in [-0.3, -0.25) is 4.79 Å². The Labute approximate surface area is 91.0 Å². The number of amides is 1. The van der Waals surface area contributed by atoms with E-state index in [2.05, 4.69) is 5.32 Å². The first-order chi connectivity index (χ1) is 7.36. The molecule has 2 saturated heterocycles. The SMILES string of the molecule is O=C1CCCCCN1CC1CNCCO1. The molecule has 0 spiro atoms. The summed E-state index contributed by atoms with van der Waals surface area (Å²) in [6.45, 7) is 4.27. The van der Waals surface area contributed by atoms with Gasteiger partial charge in [-0.15, -0.1) is 0 Å². The van der Waals surface area contributed by atoms with Crippen LogP contribution in [0.3, 0.4) is 0 Å². The molecule has 0 radical (unpaired) electrons. The van der Waals surface area contributed by atoms with Crippen LogP contribution in [0, 0.1) is 0 Å². The van der Waals surface area contributed by atoms with Crippen LogP contribution in [-0.2, 0) is 9.53 Å². The topological polar surface area (TPSA) is 41.6 Å². The van der Waals surface area contributed by atoms with Gasteiger partial charge in [0.15, 0.2) is 0 Å². The number of nitrogens with zero attached hydrogens (tertiary/aromatic N) is 1. The Morgan fingerprint density at radius 2 is 2.33 bits per heavy atom. The second kappa shape index (κ2) is 5.47. The highest BCUT2D eigenvalue weighted by molar-refractivity contribution is 5.76. The third kappa shape index (κ3) is 3.18. The molecule has 2 aliphatic heterocycles. The lowest BCUT2D eigenvalue weighted by molar-refractivity contribution is -0.133. The van der Waals surface area contributed by atoms with E-state index < -0.39 is 0 Å². The van der Waals surface area contributed by atoms with Gasteiger partial charge in [-0.1, -0.05) is 6.42 Å². The van der Waals surface area contributed by atoms with E-state index in [9.17, 15) is 4.79 Å². The number of hydrogen-bond donors (Lipinski definition) is 1. The molecular formula is C11H20N2O2. The van der Waals surface area contributed by atoms with Gasteiger partial charge in [-0.05, 0) is 12.8 Å². The molecule has 15 heavy (non-hydrogen) atoms. The Morgan fingerprint density at radius 1 is 1.40 bits per heavy atom. The minimum atomic E-state index is 0.195. The highest BCUT2D eigenvalue weighted by Crippen LogP contribution is 2.12. The van der Waals surface area contributed by atoms with Crippen LogP contribution in [0.1, 0.15) is 25.7 Å². The van der Waals surface area contributed by atoms with E-state index in [0.717, 1.165) is 52.0 Å². The van der Waals surface area contributed by atoms with Crippen LogP contribution in [0.5, 0.6) is 0 Å². The third-order valence-electron chi connectivity index (χ3n) is 3.10. The summed E-state index contributed by atoms with van der Waals surface area (Å²) in [7, 11) is 0. The molecule has 4 nitrogen and oxygen atoms in total. The number of likely N-dealkylation sites (tertiary alicyclic amines) is 1. The minimum absolute atomic E-state index is 0.195. The number of morpholine rings is 1. The number of rotatable bonds is 2. The van der Waals surface area contributed by atoms with Crippen molar-refractivity contribution in [1.29, 1.82) is 0 Å². The molecule has 1 atom stereocenters. The molecule has 0 aromatic rings. The monoisotopic (exact) mass is 212 g/mol. The van der Waals surface area contributed by atoms with Gasteiger partial charge in [0.2, 0.25) is 5.91 Å². The molecule has 1 unspecified atom stereocenters. The van der Waals surface area contributed by atoms with Crippen molar-refractivity contribution < 1.29 is 9.53 Å². The zero-order chi connectivity index (χ0) is 10.5. The molecule has 86 valence electrons. The van der Waals surface area contributed by atoms with Gasteiger partial charge >= 0.3 is 0 Å². The van der Waals surface area contributed by atoms with Crippen LogP contribution in [-0.4, -0.2) is 49.7 Å². The van der Waals surface area contributed by atoms with Gasteiger partial charge in [0.1, 0.15) is 0 Å². The minimum Gasteiger partial charge on any atom is -0.374 e. The largest absolute Gasteiger partial charge is 0.374 e. The van der Waals surface area contributed by atoms with Crippen LogP contribution in [0.2, 0.25) is 0 Å². The zero-order valence-electron chi connectivity index (χ0n) is 9.21. The molecule has 0 saturated carbocycles. The normalized spacial score (nSPS) is 28.9. The van der Waals surface area contributed by atoms with Crippen LogP contribution >= 0.6 is 0 Å². The summed E-state index contributed by atoms with van der Waals surface area (Å²) in [5.74, 6) is 0.307. The smallest absolute Gasteiger partial charge is 0.222 e. The van der Waals surface area contributed by atoms with Gasteiger partial charge in [0, 0.05) is 32.6 Å². The summed E-state index contributed by atoms with van der Waals surface area (Å²) < 4.78 is 5.61. The molecular weight excluding hydrogens is 192 g/mol. The predicted octanol–water partition coefficient (Wildman–Crippen LogP) is 0.377. The van der Waals surface area contributed by atoms with E-state index >= 15 is 0 Å². The molecule has 1 amide bonds. The maximum absolute atomic E-state index is 11.7. The lowest BCUT2D eigenvalue weighted by Gasteiger charge is -2.29. The van der Waals surface area contributed by atoms with Crippen molar-refractivity contribution in [2.75, 3.05) is 32.8 Å². The summed E-state index contributed by atoms with van der Waals surface area (Å²) in [4.78, 5) is 13.7. The van der Waals surface area contributed by atoms with Crippen molar-refractivity contribution in [3.8, 4) is 0 Å². The first kappa shape index (κ1) is 10.9. The second-order valence-electron chi connectivity index (χ2n) is 4.35. The lowest BCUT2D eigenvalue weighted by Crippen LogP contribution is -2.46. The van der Waals surface area contributed by atoms with E-state index in [1.807, 2.05) is 4.90 Å². The van der Waals surface area contributed by atoms with Crippen molar-refractivity contribution >= 4 is 5.91 Å². The van der Waals surface area contributed by atoms with Gasteiger partial charge in [0.25, 0.3) is 0 Å². The van der Waals surface area contributed by atoms with E-state index in [1.165, 1.54) is 6.42 Å². The van der Waals surface area contributed by atoms with Gasteiger partial charge in [0.05, 0.1) is 12.7 Å². The molecule has 2 heterocycles. The number of hydrogen-bond acceptors (Lipinski definition) is 3. The average Bonchev–Trinajstić information content (AvgIpc) is 2.46. The fraction of sp³-hybridized carbons (Fsp3) is 0.909. The summed E-state index contributed by atoms with van der Waals surface area (Å²) in [6.07, 6.45) is 4.30. The molecule has 4 heteroatoms. The lowest BCUT2D eigenvalue weighted by atomic mass is 10.2. The van der Waals surface area contributed by atoms with Gasteiger partial charge in [-0.25, -0.2) is 0 Å². The van der Waals surface area contributed by atoms with Crippen molar-refractivity contribution in [2.45, 2.75) is 31.8 Å². The van der Waals surface area contributed by atoms with Crippen LogP contribution in [0.25, 0.3) is 0 Å². The van der Waals surface area contributed by atoms with Crippen LogP contribution < -0.4 is 5.32 Å². The molecule has 0 bridgehead atoms. The Hall–Kier alpha value is -0.610. The van der Waals surface area contributed by atoms with Crippen molar-refractivity contribution in [1.82, 2.24) is 10.2 Å². The Morgan fingerprint density at radius 3 is 3.13 bits per heavy atom. The van der Waals surface area contributed by atoms with E-state index in [-0.39, 0.29) is 6.10 Å². The van der Waals surface area contributed by atoms with Crippen LogP contribution in [0.4, 0.5) is 0 Å². The predicted molar refractivity (Wildman–Crippen MR) is 57.7 cm³/mol. The van der Waals surface area contributed by atoms with Crippen LogP contribution in [0.15, 0.2) is 0 Å². The molecule has 1 N–H and O–H groups in total. The van der Waals surface area contributed by atoms with E-state index in [4.69, 9.17) is 4.74 Å². The molecule has 0 aromatic heterocycles. The zero-order valence-corrected chi connectivity index (χ0v) is 9.21. The molecule has 0 aliphatic carbocycles. The summed E-state index contributed by atoms with van der Waals surface area (Å²) in [5, 5.41) is 3.29. The quantitative estimate of drug-likeness (QED) is 0.719. The van der Waals surface area contributed by atoms with Crippen molar-refractivity contribution in [3.05, 3.63) is 0 Å². The average molecular weight is 212 g/mol.